The molecule has 1 N–H and O–H groups in total. The molecule has 2 aromatic heterocycles. The first kappa shape index (κ1) is 19.8. The van der Waals surface area contributed by atoms with E-state index in [9.17, 15) is 0 Å². The molecule has 4 aromatic rings. The number of fused-ring (bicyclic) bond motifs is 3. The van der Waals surface area contributed by atoms with Crippen molar-refractivity contribution in [2.75, 3.05) is 11.9 Å². The van der Waals surface area contributed by atoms with Crippen LogP contribution in [-0.4, -0.2) is 26.4 Å². The van der Waals surface area contributed by atoms with E-state index in [1.54, 1.807) is 12.5 Å². The Morgan fingerprint density at radius 1 is 1.12 bits per heavy atom. The van der Waals surface area contributed by atoms with E-state index in [-0.39, 0.29) is 12.1 Å². The number of rotatable bonds is 4. The molecule has 0 saturated heterocycles. The van der Waals surface area contributed by atoms with Gasteiger partial charge < -0.3 is 14.8 Å². The van der Waals surface area contributed by atoms with Gasteiger partial charge in [0.25, 0.3) is 0 Å². The van der Waals surface area contributed by atoms with Gasteiger partial charge in [0.05, 0.1) is 12.3 Å². The number of hydrogen-bond donors (Lipinski definition) is 1. The van der Waals surface area contributed by atoms with Crippen LogP contribution in [0.15, 0.2) is 78.9 Å². The van der Waals surface area contributed by atoms with Crippen molar-refractivity contribution in [3.63, 3.8) is 0 Å². The molecule has 2 atom stereocenters. The topological polar surface area (TPSA) is 74.1 Å². The van der Waals surface area contributed by atoms with Gasteiger partial charge in [-0.3, -0.25) is 4.98 Å². The van der Waals surface area contributed by atoms with Crippen LogP contribution in [0.2, 0.25) is 5.02 Å². The van der Waals surface area contributed by atoms with E-state index in [4.69, 9.17) is 21.1 Å². The van der Waals surface area contributed by atoms with Crippen molar-refractivity contribution in [2.24, 2.45) is 0 Å². The summed E-state index contributed by atoms with van der Waals surface area (Å²) in [7, 11) is 0. The molecule has 0 bridgehead atoms. The molecule has 0 fully saturated rings. The lowest BCUT2D eigenvalue weighted by molar-refractivity contribution is 0.223. The van der Waals surface area contributed by atoms with Gasteiger partial charge in [0, 0.05) is 28.6 Å². The Kier molecular flexibility index (Phi) is 4.77. The van der Waals surface area contributed by atoms with Crippen LogP contribution in [0, 0.1) is 0 Å². The van der Waals surface area contributed by atoms with Crippen molar-refractivity contribution in [2.45, 2.75) is 19.1 Å². The van der Waals surface area contributed by atoms with Crippen molar-refractivity contribution in [1.82, 2.24) is 19.7 Å². The van der Waals surface area contributed by atoms with Crippen LogP contribution in [-0.2, 0) is 0 Å². The number of nitrogens with zero attached hydrogens (tertiary/aromatic N) is 4. The predicted octanol–water partition coefficient (Wildman–Crippen LogP) is 5.29. The molecule has 6 rings (SSSR count). The Labute approximate surface area is 195 Å². The Balaban J connectivity index is 1.58. The molecule has 0 radical (unpaired) electrons. The molecule has 7 nitrogen and oxygen atoms in total. The molecule has 2 aliphatic heterocycles. The second-order valence-corrected chi connectivity index (χ2v) is 8.25. The second kappa shape index (κ2) is 7.94. The Bertz CT molecular complexity index is 1350. The van der Waals surface area contributed by atoms with Crippen LogP contribution in [0.25, 0.3) is 5.70 Å². The average molecular weight is 458 g/mol. The van der Waals surface area contributed by atoms with E-state index in [1.165, 1.54) is 0 Å². The standard InChI is InChI=1S/C25H20ClN5O2/c1-2-32-18-8-5-15(6-9-18)24-21-22(19-12-17(26)7-10-20(19)33-24)30-25-28-14-29-31(25)23(21)16-4-3-11-27-13-16/h3-14,23-24H,2H2,1H3,(H,28,29,30)/t23-,24+/m0/s1. The summed E-state index contributed by atoms with van der Waals surface area (Å²) < 4.78 is 14.1. The molecule has 0 saturated carbocycles. The maximum atomic E-state index is 6.61. The number of nitrogens with one attached hydrogen (secondary N) is 1. The highest BCUT2D eigenvalue weighted by Gasteiger charge is 2.41. The summed E-state index contributed by atoms with van der Waals surface area (Å²) >= 11 is 6.38. The van der Waals surface area contributed by atoms with Crippen LogP contribution in [0.4, 0.5) is 5.95 Å². The van der Waals surface area contributed by atoms with Crippen LogP contribution in [0.3, 0.4) is 0 Å². The summed E-state index contributed by atoms with van der Waals surface area (Å²) in [6.07, 6.45) is 4.81. The summed E-state index contributed by atoms with van der Waals surface area (Å²) in [6, 6.07) is 17.4. The van der Waals surface area contributed by atoms with Gasteiger partial charge in [0.15, 0.2) is 0 Å². The van der Waals surface area contributed by atoms with Crippen LogP contribution < -0.4 is 14.8 Å². The monoisotopic (exact) mass is 457 g/mol. The third-order valence-electron chi connectivity index (χ3n) is 5.87. The van der Waals surface area contributed by atoms with Gasteiger partial charge in [-0.15, -0.1) is 0 Å². The summed E-state index contributed by atoms with van der Waals surface area (Å²) in [6.45, 7) is 2.59. The Hall–Kier alpha value is -3.84. The van der Waals surface area contributed by atoms with Crippen molar-refractivity contribution in [3.05, 3.63) is 101 Å². The number of aromatic nitrogens is 4. The zero-order chi connectivity index (χ0) is 22.4. The first-order valence-corrected chi connectivity index (χ1v) is 11.1. The zero-order valence-corrected chi connectivity index (χ0v) is 18.5. The number of pyridine rings is 1. The third-order valence-corrected chi connectivity index (χ3v) is 6.11. The fourth-order valence-corrected chi connectivity index (χ4v) is 4.65. The summed E-state index contributed by atoms with van der Waals surface area (Å²) in [4.78, 5) is 8.80. The van der Waals surface area contributed by atoms with Gasteiger partial charge in [-0.25, -0.2) is 4.68 Å². The van der Waals surface area contributed by atoms with Crippen molar-refractivity contribution < 1.29 is 9.47 Å². The van der Waals surface area contributed by atoms with E-state index in [0.29, 0.717) is 17.6 Å². The van der Waals surface area contributed by atoms with Crippen LogP contribution >= 0.6 is 11.6 Å². The van der Waals surface area contributed by atoms with Gasteiger partial charge in [0.1, 0.15) is 30.0 Å². The third kappa shape index (κ3) is 3.32. The van der Waals surface area contributed by atoms with Gasteiger partial charge in [0.2, 0.25) is 5.95 Å². The van der Waals surface area contributed by atoms with Gasteiger partial charge >= 0.3 is 0 Å². The zero-order valence-electron chi connectivity index (χ0n) is 17.8. The molecule has 0 amide bonds. The largest absolute Gasteiger partial charge is 0.494 e. The molecule has 8 heteroatoms. The summed E-state index contributed by atoms with van der Waals surface area (Å²) in [5.74, 6) is 2.23. The first-order valence-electron chi connectivity index (χ1n) is 10.7. The van der Waals surface area contributed by atoms with E-state index in [1.807, 2.05) is 72.4 Å². The fraction of sp³-hybridized carbons (Fsp3) is 0.160. The SMILES string of the molecule is CCOc1ccc([C@H]2Oc3ccc(Cl)cc3C3=C2[C@H](c2cccnc2)n2ncnc2N3)cc1. The minimum atomic E-state index is -0.362. The molecule has 0 aliphatic carbocycles. The quantitative estimate of drug-likeness (QED) is 0.449. The minimum absolute atomic E-state index is 0.254. The first-order chi connectivity index (χ1) is 16.2. The van der Waals surface area contributed by atoms with E-state index in [2.05, 4.69) is 20.4 Å². The molecule has 2 aliphatic rings. The van der Waals surface area contributed by atoms with Crippen molar-refractivity contribution in [1.29, 1.82) is 0 Å². The molecule has 164 valence electrons. The molecular formula is C25H20ClN5O2. The number of ether oxygens (including phenoxy) is 2. The lowest BCUT2D eigenvalue weighted by atomic mass is 9.85. The summed E-state index contributed by atoms with van der Waals surface area (Å²) in [5, 5.41) is 8.64. The number of anilines is 1. The summed E-state index contributed by atoms with van der Waals surface area (Å²) in [5.41, 5.74) is 4.82. The highest BCUT2D eigenvalue weighted by atomic mass is 35.5. The van der Waals surface area contributed by atoms with E-state index < -0.39 is 0 Å². The van der Waals surface area contributed by atoms with Crippen LogP contribution in [0.5, 0.6) is 11.5 Å². The molecule has 0 spiro atoms. The lowest BCUT2D eigenvalue weighted by Gasteiger charge is -2.38. The maximum absolute atomic E-state index is 6.61. The molecule has 0 unspecified atom stereocenters. The minimum Gasteiger partial charge on any atom is -0.494 e. The highest BCUT2D eigenvalue weighted by molar-refractivity contribution is 6.30. The lowest BCUT2D eigenvalue weighted by Crippen LogP contribution is -2.32. The molecular weight excluding hydrogens is 438 g/mol. The van der Waals surface area contributed by atoms with Gasteiger partial charge in [-0.2, -0.15) is 10.1 Å². The van der Waals surface area contributed by atoms with Crippen molar-refractivity contribution >= 4 is 23.2 Å². The molecule has 4 heterocycles. The maximum Gasteiger partial charge on any atom is 0.226 e. The van der Waals surface area contributed by atoms with E-state index >= 15 is 0 Å². The Morgan fingerprint density at radius 2 is 2.00 bits per heavy atom. The normalized spacial score (nSPS) is 18.5. The number of benzene rings is 2. The Morgan fingerprint density at radius 3 is 2.79 bits per heavy atom. The molecule has 2 aromatic carbocycles. The van der Waals surface area contributed by atoms with Gasteiger partial charge in [-0.05, 0) is 54.4 Å². The molecule has 33 heavy (non-hydrogen) atoms. The highest BCUT2D eigenvalue weighted by Crippen LogP contribution is 2.51. The van der Waals surface area contributed by atoms with Crippen LogP contribution in [0.1, 0.15) is 35.8 Å². The second-order valence-electron chi connectivity index (χ2n) is 7.81. The van der Waals surface area contributed by atoms with Gasteiger partial charge in [-0.1, -0.05) is 29.8 Å². The van der Waals surface area contributed by atoms with E-state index in [0.717, 1.165) is 39.5 Å². The number of hydrogen-bond acceptors (Lipinski definition) is 6. The predicted molar refractivity (Wildman–Crippen MR) is 125 cm³/mol. The average Bonchev–Trinajstić information content (AvgIpc) is 3.32. The number of halogens is 1. The fourth-order valence-electron chi connectivity index (χ4n) is 4.48. The smallest absolute Gasteiger partial charge is 0.226 e. The van der Waals surface area contributed by atoms with Crippen molar-refractivity contribution in [3.8, 4) is 11.5 Å².